The van der Waals surface area contributed by atoms with Gasteiger partial charge >= 0.3 is 11.9 Å². The van der Waals surface area contributed by atoms with Gasteiger partial charge in [0.2, 0.25) is 0 Å². The molecule has 102 valence electrons. The second-order valence-electron chi connectivity index (χ2n) is 3.95. The fourth-order valence-electron chi connectivity index (χ4n) is 1.61. The monoisotopic (exact) mass is 272 g/mol. The van der Waals surface area contributed by atoms with Crippen molar-refractivity contribution in [1.29, 1.82) is 0 Å². The van der Waals surface area contributed by atoms with Crippen molar-refractivity contribution in [1.82, 2.24) is 0 Å². The number of aromatic carboxylic acids is 1. The van der Waals surface area contributed by atoms with Gasteiger partial charge in [0.05, 0.1) is 18.2 Å². The summed E-state index contributed by atoms with van der Waals surface area (Å²) in [5.74, 6) is -0.492. The third kappa shape index (κ3) is 3.14. The van der Waals surface area contributed by atoms with E-state index in [9.17, 15) is 9.59 Å². The first-order valence-corrected chi connectivity index (χ1v) is 5.80. The van der Waals surface area contributed by atoms with Crippen LogP contribution in [0.5, 0.6) is 11.5 Å². The van der Waals surface area contributed by atoms with E-state index in [1.807, 2.05) is 0 Å². The quantitative estimate of drug-likeness (QED) is 0.866. The lowest BCUT2D eigenvalue weighted by Gasteiger charge is -2.07. The maximum atomic E-state index is 11.4. The van der Waals surface area contributed by atoms with Gasteiger partial charge < -0.3 is 14.6 Å². The summed E-state index contributed by atoms with van der Waals surface area (Å²) in [4.78, 5) is 22.1. The van der Waals surface area contributed by atoms with E-state index in [0.29, 0.717) is 17.1 Å². The molecule has 2 aromatic rings. The third-order valence-corrected chi connectivity index (χ3v) is 2.59. The molecule has 0 spiro atoms. The average molecular weight is 272 g/mol. The van der Waals surface area contributed by atoms with Crippen molar-refractivity contribution in [3.63, 3.8) is 0 Å². The number of carboxylic acids is 1. The standard InChI is InChI=1S/C15H12O5/c1-19-15(18)11-3-2-4-13(9-11)20-12-7-5-10(6-8-12)14(16)17/h2-9H,1H3,(H,16,17). The van der Waals surface area contributed by atoms with Crippen LogP contribution < -0.4 is 4.74 Å². The van der Waals surface area contributed by atoms with E-state index in [2.05, 4.69) is 4.74 Å². The molecular weight excluding hydrogens is 260 g/mol. The second-order valence-corrected chi connectivity index (χ2v) is 3.95. The first-order chi connectivity index (χ1) is 9.60. The van der Waals surface area contributed by atoms with Gasteiger partial charge in [-0.2, -0.15) is 0 Å². The molecule has 0 heterocycles. The molecule has 0 bridgehead atoms. The van der Waals surface area contributed by atoms with Crippen LogP contribution in [-0.2, 0) is 4.74 Å². The topological polar surface area (TPSA) is 72.8 Å². The molecule has 2 aromatic carbocycles. The van der Waals surface area contributed by atoms with Crippen LogP contribution in [0.1, 0.15) is 20.7 Å². The van der Waals surface area contributed by atoms with E-state index in [4.69, 9.17) is 9.84 Å². The van der Waals surface area contributed by atoms with Gasteiger partial charge in [-0.1, -0.05) is 6.07 Å². The minimum Gasteiger partial charge on any atom is -0.478 e. The predicted molar refractivity (Wildman–Crippen MR) is 71.3 cm³/mol. The van der Waals surface area contributed by atoms with Gasteiger partial charge in [-0.05, 0) is 42.5 Å². The summed E-state index contributed by atoms with van der Waals surface area (Å²) in [6.07, 6.45) is 0. The van der Waals surface area contributed by atoms with Crippen LogP contribution in [0.3, 0.4) is 0 Å². The summed E-state index contributed by atoms with van der Waals surface area (Å²) in [5.41, 5.74) is 0.563. The van der Waals surface area contributed by atoms with Crippen molar-refractivity contribution < 1.29 is 24.2 Å². The molecule has 0 unspecified atom stereocenters. The zero-order valence-electron chi connectivity index (χ0n) is 10.7. The minimum atomic E-state index is -0.996. The van der Waals surface area contributed by atoms with Crippen molar-refractivity contribution in [3.05, 3.63) is 59.7 Å². The number of esters is 1. The van der Waals surface area contributed by atoms with Crippen molar-refractivity contribution in [2.75, 3.05) is 7.11 Å². The number of carbonyl (C=O) groups excluding carboxylic acids is 1. The molecule has 0 fully saturated rings. The van der Waals surface area contributed by atoms with Crippen LogP contribution in [0.25, 0.3) is 0 Å². The Labute approximate surface area is 115 Å². The zero-order valence-corrected chi connectivity index (χ0v) is 10.7. The van der Waals surface area contributed by atoms with E-state index < -0.39 is 11.9 Å². The fourth-order valence-corrected chi connectivity index (χ4v) is 1.61. The number of carboxylic acid groups (broad SMARTS) is 1. The summed E-state index contributed by atoms with van der Waals surface area (Å²) < 4.78 is 10.2. The van der Waals surface area contributed by atoms with Gasteiger partial charge in [-0.25, -0.2) is 9.59 Å². The summed E-state index contributed by atoms with van der Waals surface area (Å²) >= 11 is 0. The summed E-state index contributed by atoms with van der Waals surface area (Å²) in [6.45, 7) is 0. The van der Waals surface area contributed by atoms with Crippen LogP contribution in [0, 0.1) is 0 Å². The average Bonchev–Trinajstić information content (AvgIpc) is 2.47. The van der Waals surface area contributed by atoms with E-state index in [0.717, 1.165) is 0 Å². The molecule has 0 aromatic heterocycles. The maximum Gasteiger partial charge on any atom is 0.337 e. The Bertz CT molecular complexity index is 631. The lowest BCUT2D eigenvalue weighted by Crippen LogP contribution is -2.00. The van der Waals surface area contributed by atoms with Crippen LogP contribution in [0.15, 0.2) is 48.5 Å². The molecule has 0 aliphatic carbocycles. The lowest BCUT2D eigenvalue weighted by molar-refractivity contribution is 0.0599. The molecule has 0 radical (unpaired) electrons. The van der Waals surface area contributed by atoms with Crippen molar-refractivity contribution in [2.45, 2.75) is 0 Å². The highest BCUT2D eigenvalue weighted by molar-refractivity contribution is 5.89. The van der Waals surface area contributed by atoms with Crippen LogP contribution >= 0.6 is 0 Å². The Morgan fingerprint density at radius 3 is 2.25 bits per heavy atom. The molecule has 5 heteroatoms. The summed E-state index contributed by atoms with van der Waals surface area (Å²) in [6, 6.07) is 12.5. The number of ether oxygens (including phenoxy) is 2. The Morgan fingerprint density at radius 1 is 0.950 bits per heavy atom. The van der Waals surface area contributed by atoms with Crippen LogP contribution in [-0.4, -0.2) is 24.2 Å². The molecule has 0 saturated heterocycles. The molecule has 0 atom stereocenters. The highest BCUT2D eigenvalue weighted by Gasteiger charge is 2.07. The second kappa shape index (κ2) is 5.88. The van der Waals surface area contributed by atoms with Gasteiger partial charge in [0.15, 0.2) is 0 Å². The number of methoxy groups -OCH3 is 1. The molecule has 5 nitrogen and oxygen atoms in total. The van der Waals surface area contributed by atoms with Crippen LogP contribution in [0.4, 0.5) is 0 Å². The van der Waals surface area contributed by atoms with Gasteiger partial charge in [-0.3, -0.25) is 0 Å². The first-order valence-electron chi connectivity index (χ1n) is 5.80. The van der Waals surface area contributed by atoms with E-state index >= 15 is 0 Å². The summed E-state index contributed by atoms with van der Waals surface area (Å²) in [5, 5.41) is 8.80. The number of benzene rings is 2. The van der Waals surface area contributed by atoms with Gasteiger partial charge in [0.1, 0.15) is 11.5 Å². The SMILES string of the molecule is COC(=O)c1cccc(Oc2ccc(C(=O)O)cc2)c1. The van der Waals surface area contributed by atoms with Gasteiger partial charge in [0.25, 0.3) is 0 Å². The van der Waals surface area contributed by atoms with E-state index in [-0.39, 0.29) is 5.56 Å². The number of hydrogen-bond acceptors (Lipinski definition) is 4. The molecule has 0 saturated carbocycles. The predicted octanol–water partition coefficient (Wildman–Crippen LogP) is 2.96. The number of hydrogen-bond donors (Lipinski definition) is 1. The smallest absolute Gasteiger partial charge is 0.337 e. The molecule has 1 N–H and O–H groups in total. The molecular formula is C15H12O5. The minimum absolute atomic E-state index is 0.181. The number of carbonyl (C=O) groups is 2. The Balaban J connectivity index is 2.17. The zero-order chi connectivity index (χ0) is 14.5. The molecule has 2 rings (SSSR count). The van der Waals surface area contributed by atoms with Crippen LogP contribution in [0.2, 0.25) is 0 Å². The third-order valence-electron chi connectivity index (χ3n) is 2.59. The first kappa shape index (κ1) is 13.6. The molecule has 20 heavy (non-hydrogen) atoms. The van der Waals surface area contributed by atoms with E-state index in [1.54, 1.807) is 36.4 Å². The Hall–Kier alpha value is -2.82. The van der Waals surface area contributed by atoms with Crippen molar-refractivity contribution >= 4 is 11.9 Å². The van der Waals surface area contributed by atoms with Crippen molar-refractivity contribution in [3.8, 4) is 11.5 Å². The number of rotatable bonds is 4. The largest absolute Gasteiger partial charge is 0.478 e. The molecule has 0 aliphatic rings. The maximum absolute atomic E-state index is 11.4. The van der Waals surface area contributed by atoms with Gasteiger partial charge in [-0.15, -0.1) is 0 Å². The van der Waals surface area contributed by atoms with Gasteiger partial charge in [0, 0.05) is 0 Å². The van der Waals surface area contributed by atoms with E-state index in [1.165, 1.54) is 19.2 Å². The molecule has 0 amide bonds. The normalized spacial score (nSPS) is 9.85. The molecule has 0 aliphatic heterocycles. The fraction of sp³-hybridized carbons (Fsp3) is 0.0667. The Kier molecular flexibility index (Phi) is 4.00. The lowest BCUT2D eigenvalue weighted by atomic mass is 10.2. The highest BCUT2D eigenvalue weighted by atomic mass is 16.5. The Morgan fingerprint density at radius 2 is 1.65 bits per heavy atom. The van der Waals surface area contributed by atoms with Crippen molar-refractivity contribution in [2.24, 2.45) is 0 Å². The highest BCUT2D eigenvalue weighted by Crippen LogP contribution is 2.22. The summed E-state index contributed by atoms with van der Waals surface area (Å²) in [7, 11) is 1.31.